The monoisotopic (exact) mass is 254 g/mol. The second kappa shape index (κ2) is 3.53. The Morgan fingerprint density at radius 2 is 2.12 bits per heavy atom. The van der Waals surface area contributed by atoms with Gasteiger partial charge in [-0.05, 0) is 17.7 Å². The summed E-state index contributed by atoms with van der Waals surface area (Å²) in [4.78, 5) is 22.5. The number of urea groups is 1. The summed E-state index contributed by atoms with van der Waals surface area (Å²) in [7, 11) is 0. The highest BCUT2D eigenvalue weighted by Crippen LogP contribution is 2.41. The van der Waals surface area contributed by atoms with Gasteiger partial charge in [-0.25, -0.2) is 4.79 Å². The smallest absolute Gasteiger partial charge is 0.322 e. The lowest BCUT2D eigenvalue weighted by Crippen LogP contribution is -2.22. The third kappa shape index (κ3) is 1.57. The summed E-state index contributed by atoms with van der Waals surface area (Å²) in [6, 6.07) is 1.94. The van der Waals surface area contributed by atoms with E-state index < -0.39 is 18.0 Å². The fourth-order valence-electron chi connectivity index (χ4n) is 1.81. The molecule has 0 spiro atoms. The number of hydrogen-bond donors (Lipinski definition) is 2. The zero-order valence-electron chi connectivity index (χ0n) is 8.45. The number of ether oxygens (including phenoxy) is 2. The van der Waals surface area contributed by atoms with Crippen molar-refractivity contribution in [3.63, 3.8) is 0 Å². The van der Waals surface area contributed by atoms with Gasteiger partial charge in [-0.3, -0.25) is 10.1 Å². The zero-order valence-corrected chi connectivity index (χ0v) is 9.21. The van der Waals surface area contributed by atoms with E-state index in [0.29, 0.717) is 22.1 Å². The normalized spacial score (nSPS) is 21.4. The first-order chi connectivity index (χ1) is 8.15. The van der Waals surface area contributed by atoms with E-state index in [0.717, 1.165) is 0 Å². The van der Waals surface area contributed by atoms with Crippen LogP contribution in [0.4, 0.5) is 4.79 Å². The predicted octanol–water partition coefficient (Wildman–Crippen LogP) is 0.949. The lowest BCUT2D eigenvalue weighted by molar-refractivity contribution is -0.120. The van der Waals surface area contributed by atoms with Gasteiger partial charge in [0.05, 0.1) is 5.02 Å². The van der Waals surface area contributed by atoms with Gasteiger partial charge in [-0.1, -0.05) is 11.6 Å². The molecule has 2 N–H and O–H groups in total. The van der Waals surface area contributed by atoms with Crippen LogP contribution in [0, 0.1) is 0 Å². The minimum Gasteiger partial charge on any atom is -0.454 e. The van der Waals surface area contributed by atoms with Gasteiger partial charge in [0.15, 0.2) is 11.5 Å². The molecule has 2 aliphatic heterocycles. The van der Waals surface area contributed by atoms with Crippen molar-refractivity contribution >= 4 is 23.5 Å². The first-order valence-electron chi connectivity index (χ1n) is 4.85. The lowest BCUT2D eigenvalue weighted by Gasteiger charge is -2.09. The molecule has 0 bridgehead atoms. The van der Waals surface area contributed by atoms with E-state index in [2.05, 4.69) is 10.6 Å². The number of carbonyl (C=O) groups is 2. The van der Waals surface area contributed by atoms with Gasteiger partial charge < -0.3 is 14.8 Å². The molecule has 17 heavy (non-hydrogen) atoms. The van der Waals surface area contributed by atoms with Crippen molar-refractivity contribution in [2.24, 2.45) is 0 Å². The Kier molecular flexibility index (Phi) is 2.12. The summed E-state index contributed by atoms with van der Waals surface area (Å²) in [5.74, 6) is 0.520. The van der Waals surface area contributed by atoms with Gasteiger partial charge in [0.2, 0.25) is 6.79 Å². The van der Waals surface area contributed by atoms with Crippen LogP contribution in [0.1, 0.15) is 11.6 Å². The Morgan fingerprint density at radius 3 is 2.82 bits per heavy atom. The third-order valence-electron chi connectivity index (χ3n) is 2.56. The molecular weight excluding hydrogens is 248 g/mol. The first kappa shape index (κ1) is 10.2. The average Bonchev–Trinajstić information content (AvgIpc) is 2.84. The van der Waals surface area contributed by atoms with Gasteiger partial charge in [0, 0.05) is 0 Å². The van der Waals surface area contributed by atoms with Gasteiger partial charge in [0.25, 0.3) is 5.91 Å². The molecule has 0 aliphatic carbocycles. The molecule has 3 amide bonds. The molecule has 0 aromatic heterocycles. The molecule has 6 nitrogen and oxygen atoms in total. The van der Waals surface area contributed by atoms with E-state index in [1.165, 1.54) is 0 Å². The average molecular weight is 255 g/mol. The fourth-order valence-corrected chi connectivity index (χ4v) is 2.08. The van der Waals surface area contributed by atoms with Crippen molar-refractivity contribution in [1.29, 1.82) is 0 Å². The van der Waals surface area contributed by atoms with Gasteiger partial charge in [-0.2, -0.15) is 0 Å². The number of imide groups is 1. The molecule has 0 saturated carbocycles. The Bertz CT molecular complexity index is 531. The Balaban J connectivity index is 2.02. The molecule has 2 aliphatic rings. The maximum absolute atomic E-state index is 11.5. The minimum atomic E-state index is -0.741. The van der Waals surface area contributed by atoms with Crippen LogP contribution >= 0.6 is 11.6 Å². The summed E-state index contributed by atoms with van der Waals surface area (Å²) in [5, 5.41) is 4.98. The second-order valence-electron chi connectivity index (χ2n) is 3.63. The van der Waals surface area contributed by atoms with Gasteiger partial charge in [-0.15, -0.1) is 0 Å². The SMILES string of the molecule is O=C1NC(=O)C(c2cc(Cl)c3c(c2)OCO3)N1. The van der Waals surface area contributed by atoms with E-state index in [4.69, 9.17) is 21.1 Å². The number of amides is 3. The standard InChI is InChI=1S/C10H7ClN2O4/c11-5-1-4(2-6-8(5)17-3-16-6)7-9(14)13-10(15)12-7/h1-2,7H,3H2,(H2,12,13,14,15). The first-order valence-corrected chi connectivity index (χ1v) is 5.23. The Hall–Kier alpha value is -1.95. The predicted molar refractivity (Wildman–Crippen MR) is 57.0 cm³/mol. The highest BCUT2D eigenvalue weighted by molar-refractivity contribution is 6.32. The quantitative estimate of drug-likeness (QED) is 0.732. The number of carbonyl (C=O) groups excluding carboxylic acids is 2. The number of rotatable bonds is 1. The van der Waals surface area contributed by atoms with Gasteiger partial charge in [0.1, 0.15) is 6.04 Å². The maximum Gasteiger partial charge on any atom is 0.322 e. The summed E-state index contributed by atoms with van der Waals surface area (Å²) in [6.07, 6.45) is 0. The zero-order chi connectivity index (χ0) is 12.0. The van der Waals surface area contributed by atoms with Crippen LogP contribution in [-0.2, 0) is 4.79 Å². The van der Waals surface area contributed by atoms with Crippen LogP contribution in [0.3, 0.4) is 0 Å². The van der Waals surface area contributed by atoms with E-state index in [1.54, 1.807) is 12.1 Å². The molecule has 2 heterocycles. The largest absolute Gasteiger partial charge is 0.454 e. The van der Waals surface area contributed by atoms with Crippen LogP contribution < -0.4 is 20.1 Å². The maximum atomic E-state index is 11.5. The van der Waals surface area contributed by atoms with E-state index in [-0.39, 0.29) is 6.79 Å². The van der Waals surface area contributed by atoms with Crippen LogP contribution in [0.25, 0.3) is 0 Å². The highest BCUT2D eigenvalue weighted by Gasteiger charge is 2.32. The Labute approximate surface area is 101 Å². The number of halogens is 1. The van der Waals surface area contributed by atoms with Crippen molar-refractivity contribution in [3.8, 4) is 11.5 Å². The van der Waals surface area contributed by atoms with Crippen molar-refractivity contribution in [2.45, 2.75) is 6.04 Å². The summed E-state index contributed by atoms with van der Waals surface area (Å²) >= 11 is 5.99. The van der Waals surface area contributed by atoms with Gasteiger partial charge >= 0.3 is 6.03 Å². The van der Waals surface area contributed by atoms with Crippen molar-refractivity contribution < 1.29 is 19.1 Å². The molecule has 1 fully saturated rings. The molecule has 0 radical (unpaired) electrons. The minimum absolute atomic E-state index is 0.0989. The summed E-state index contributed by atoms with van der Waals surface area (Å²) < 4.78 is 10.3. The van der Waals surface area contributed by atoms with Crippen molar-refractivity contribution in [1.82, 2.24) is 10.6 Å². The third-order valence-corrected chi connectivity index (χ3v) is 2.84. The summed E-state index contributed by atoms with van der Waals surface area (Å²) in [5.41, 5.74) is 0.558. The Morgan fingerprint density at radius 1 is 1.29 bits per heavy atom. The van der Waals surface area contributed by atoms with Crippen LogP contribution in [0.5, 0.6) is 11.5 Å². The number of benzene rings is 1. The van der Waals surface area contributed by atoms with Crippen molar-refractivity contribution in [3.05, 3.63) is 22.7 Å². The number of nitrogens with one attached hydrogen (secondary N) is 2. The van der Waals surface area contributed by atoms with Crippen LogP contribution in [0.15, 0.2) is 12.1 Å². The molecule has 1 unspecified atom stereocenters. The molecule has 1 saturated heterocycles. The van der Waals surface area contributed by atoms with Crippen LogP contribution in [0.2, 0.25) is 5.02 Å². The topological polar surface area (TPSA) is 76.7 Å². The van der Waals surface area contributed by atoms with E-state index >= 15 is 0 Å². The van der Waals surface area contributed by atoms with Crippen LogP contribution in [-0.4, -0.2) is 18.7 Å². The molecule has 3 rings (SSSR count). The van der Waals surface area contributed by atoms with E-state index in [9.17, 15) is 9.59 Å². The molecule has 1 aromatic rings. The molecule has 1 atom stereocenters. The molecule has 88 valence electrons. The lowest BCUT2D eigenvalue weighted by atomic mass is 10.1. The molecular formula is C10H7ClN2O4. The van der Waals surface area contributed by atoms with Crippen molar-refractivity contribution in [2.75, 3.05) is 6.79 Å². The molecule has 1 aromatic carbocycles. The highest BCUT2D eigenvalue weighted by atomic mass is 35.5. The van der Waals surface area contributed by atoms with E-state index in [1.807, 2.05) is 0 Å². The number of fused-ring (bicyclic) bond motifs is 1. The fraction of sp³-hybridized carbons (Fsp3) is 0.200. The molecule has 7 heteroatoms. The number of hydrogen-bond acceptors (Lipinski definition) is 4. The summed E-state index contributed by atoms with van der Waals surface area (Å²) in [6.45, 7) is 0.0989. The second-order valence-corrected chi connectivity index (χ2v) is 4.04.